The van der Waals surface area contributed by atoms with Gasteiger partial charge >= 0.3 is 0 Å². The molecule has 0 unspecified atom stereocenters. The number of hydrogen-bond acceptors (Lipinski definition) is 1. The standard InChI is InChI=1S/C23H41N/c1-22-17-19-23(20-18-22)16-14-12-10-8-6-4-2-3-5-7-9-11-13-15-21-24/h17-20H,2-16,21,24H2,1H3. The zero-order valence-corrected chi connectivity index (χ0v) is 16.2. The molecule has 0 radical (unpaired) electrons. The van der Waals surface area contributed by atoms with Gasteiger partial charge in [0, 0.05) is 0 Å². The molecule has 0 fully saturated rings. The van der Waals surface area contributed by atoms with E-state index in [9.17, 15) is 0 Å². The summed E-state index contributed by atoms with van der Waals surface area (Å²) in [5.74, 6) is 0. The summed E-state index contributed by atoms with van der Waals surface area (Å²) in [5.41, 5.74) is 8.38. The predicted molar refractivity (Wildman–Crippen MR) is 109 cm³/mol. The molecule has 0 heterocycles. The molecule has 1 rings (SSSR count). The molecule has 0 atom stereocenters. The Labute approximate surface area is 151 Å². The highest BCUT2D eigenvalue weighted by atomic mass is 14.5. The van der Waals surface area contributed by atoms with Gasteiger partial charge in [-0.25, -0.2) is 0 Å². The maximum absolute atomic E-state index is 5.51. The maximum Gasteiger partial charge on any atom is -0.00773 e. The Morgan fingerprint density at radius 1 is 0.542 bits per heavy atom. The summed E-state index contributed by atoms with van der Waals surface area (Å²) in [6.45, 7) is 3.03. The molecule has 0 aliphatic rings. The molecule has 0 saturated heterocycles. The van der Waals surface area contributed by atoms with E-state index in [1.54, 1.807) is 0 Å². The lowest BCUT2D eigenvalue weighted by atomic mass is 10.0. The Kier molecular flexibility index (Phi) is 13.9. The quantitative estimate of drug-likeness (QED) is 0.326. The van der Waals surface area contributed by atoms with Gasteiger partial charge in [-0.05, 0) is 38.3 Å². The largest absolute Gasteiger partial charge is 0.330 e. The van der Waals surface area contributed by atoms with Crippen LogP contribution >= 0.6 is 0 Å². The average Bonchev–Trinajstić information content (AvgIpc) is 2.60. The summed E-state index contributed by atoms with van der Waals surface area (Å²) in [6.07, 6.45) is 20.9. The first kappa shape index (κ1) is 21.2. The molecule has 1 heteroatoms. The summed E-state index contributed by atoms with van der Waals surface area (Å²) >= 11 is 0. The first-order valence-corrected chi connectivity index (χ1v) is 10.6. The second-order valence-corrected chi connectivity index (χ2v) is 7.47. The van der Waals surface area contributed by atoms with Crippen LogP contribution in [0.3, 0.4) is 0 Å². The lowest BCUT2D eigenvalue weighted by molar-refractivity contribution is 0.534. The van der Waals surface area contributed by atoms with Crippen molar-refractivity contribution in [2.75, 3.05) is 6.54 Å². The van der Waals surface area contributed by atoms with Crippen LogP contribution in [0.15, 0.2) is 24.3 Å². The highest BCUT2D eigenvalue weighted by molar-refractivity contribution is 5.21. The van der Waals surface area contributed by atoms with E-state index in [4.69, 9.17) is 5.73 Å². The molecule has 24 heavy (non-hydrogen) atoms. The molecule has 0 bridgehead atoms. The molecular formula is C23H41N. The maximum atomic E-state index is 5.51. The van der Waals surface area contributed by atoms with Crippen LogP contribution in [0.2, 0.25) is 0 Å². The highest BCUT2D eigenvalue weighted by Gasteiger charge is 1.96. The summed E-state index contributed by atoms with van der Waals surface area (Å²) in [7, 11) is 0. The minimum Gasteiger partial charge on any atom is -0.330 e. The van der Waals surface area contributed by atoms with Crippen molar-refractivity contribution in [3.63, 3.8) is 0 Å². The van der Waals surface area contributed by atoms with Gasteiger partial charge in [0.2, 0.25) is 0 Å². The topological polar surface area (TPSA) is 26.0 Å². The van der Waals surface area contributed by atoms with Crippen LogP contribution in [0.4, 0.5) is 0 Å². The van der Waals surface area contributed by atoms with E-state index in [0.717, 1.165) is 6.54 Å². The van der Waals surface area contributed by atoms with Crippen molar-refractivity contribution >= 4 is 0 Å². The first-order valence-electron chi connectivity index (χ1n) is 10.6. The fourth-order valence-electron chi connectivity index (χ4n) is 3.35. The van der Waals surface area contributed by atoms with Crippen LogP contribution in [-0.2, 0) is 6.42 Å². The van der Waals surface area contributed by atoms with Gasteiger partial charge in [-0.15, -0.1) is 0 Å². The van der Waals surface area contributed by atoms with Crippen LogP contribution in [-0.4, -0.2) is 6.54 Å². The average molecular weight is 332 g/mol. The normalized spacial score (nSPS) is 11.1. The van der Waals surface area contributed by atoms with Gasteiger partial charge in [0.1, 0.15) is 0 Å². The fraction of sp³-hybridized carbons (Fsp3) is 0.739. The Morgan fingerprint density at radius 2 is 0.917 bits per heavy atom. The highest BCUT2D eigenvalue weighted by Crippen LogP contribution is 2.14. The van der Waals surface area contributed by atoms with E-state index in [0.29, 0.717) is 0 Å². The van der Waals surface area contributed by atoms with Gasteiger partial charge in [0.15, 0.2) is 0 Å². The zero-order valence-electron chi connectivity index (χ0n) is 16.2. The smallest absolute Gasteiger partial charge is 0.00773 e. The molecular weight excluding hydrogens is 290 g/mol. The predicted octanol–water partition coefficient (Wildman–Crippen LogP) is 6.96. The number of hydrogen-bond donors (Lipinski definition) is 1. The molecule has 0 aromatic heterocycles. The van der Waals surface area contributed by atoms with Crippen molar-refractivity contribution in [1.82, 2.24) is 0 Å². The third-order valence-electron chi connectivity index (χ3n) is 5.04. The van der Waals surface area contributed by atoms with E-state index < -0.39 is 0 Å². The lowest BCUT2D eigenvalue weighted by Gasteiger charge is -2.04. The number of unbranched alkanes of at least 4 members (excludes halogenated alkanes) is 13. The Hall–Kier alpha value is -0.820. The number of benzene rings is 1. The summed E-state index contributed by atoms with van der Waals surface area (Å²) in [6, 6.07) is 9.03. The molecule has 2 N–H and O–H groups in total. The second-order valence-electron chi connectivity index (χ2n) is 7.47. The summed E-state index contributed by atoms with van der Waals surface area (Å²) in [5, 5.41) is 0. The Balaban J connectivity index is 1.75. The molecule has 0 spiro atoms. The monoisotopic (exact) mass is 331 g/mol. The summed E-state index contributed by atoms with van der Waals surface area (Å²) in [4.78, 5) is 0. The van der Waals surface area contributed by atoms with Crippen molar-refractivity contribution < 1.29 is 0 Å². The number of nitrogens with two attached hydrogens (primary N) is 1. The van der Waals surface area contributed by atoms with Crippen LogP contribution in [0.25, 0.3) is 0 Å². The molecule has 1 aromatic carbocycles. The van der Waals surface area contributed by atoms with E-state index in [1.165, 1.54) is 107 Å². The van der Waals surface area contributed by atoms with Gasteiger partial charge in [-0.1, -0.05) is 107 Å². The van der Waals surface area contributed by atoms with E-state index in [1.807, 2.05) is 0 Å². The molecule has 0 saturated carbocycles. The van der Waals surface area contributed by atoms with Gasteiger partial charge in [0.25, 0.3) is 0 Å². The van der Waals surface area contributed by atoms with Crippen molar-refractivity contribution in [1.29, 1.82) is 0 Å². The van der Waals surface area contributed by atoms with Gasteiger partial charge < -0.3 is 5.73 Å². The fourth-order valence-corrected chi connectivity index (χ4v) is 3.35. The van der Waals surface area contributed by atoms with Crippen LogP contribution in [0.5, 0.6) is 0 Å². The second kappa shape index (κ2) is 15.7. The Bertz CT molecular complexity index is 368. The summed E-state index contributed by atoms with van der Waals surface area (Å²) < 4.78 is 0. The molecule has 1 nitrogen and oxygen atoms in total. The first-order chi connectivity index (χ1) is 11.8. The molecule has 0 aliphatic heterocycles. The SMILES string of the molecule is Cc1ccc(CCCCCCCCCCCCCCCCN)cc1. The van der Waals surface area contributed by atoms with Crippen LogP contribution < -0.4 is 5.73 Å². The molecule has 0 amide bonds. The third kappa shape index (κ3) is 12.6. The third-order valence-corrected chi connectivity index (χ3v) is 5.04. The van der Waals surface area contributed by atoms with Crippen LogP contribution in [0, 0.1) is 6.92 Å². The van der Waals surface area contributed by atoms with Gasteiger partial charge in [0.05, 0.1) is 0 Å². The molecule has 138 valence electrons. The minimum absolute atomic E-state index is 0.867. The molecule has 1 aromatic rings. The van der Waals surface area contributed by atoms with E-state index in [-0.39, 0.29) is 0 Å². The van der Waals surface area contributed by atoms with Crippen molar-refractivity contribution in [3.8, 4) is 0 Å². The zero-order chi connectivity index (χ0) is 17.3. The van der Waals surface area contributed by atoms with E-state index >= 15 is 0 Å². The molecule has 0 aliphatic carbocycles. The lowest BCUT2D eigenvalue weighted by Crippen LogP contribution is -1.97. The van der Waals surface area contributed by atoms with E-state index in [2.05, 4.69) is 31.2 Å². The van der Waals surface area contributed by atoms with Crippen LogP contribution in [0.1, 0.15) is 101 Å². The Morgan fingerprint density at radius 3 is 1.33 bits per heavy atom. The minimum atomic E-state index is 0.867. The van der Waals surface area contributed by atoms with Gasteiger partial charge in [-0.3, -0.25) is 0 Å². The number of aryl methyl sites for hydroxylation is 2. The van der Waals surface area contributed by atoms with Crippen molar-refractivity contribution in [3.05, 3.63) is 35.4 Å². The van der Waals surface area contributed by atoms with Crippen molar-refractivity contribution in [2.24, 2.45) is 5.73 Å². The van der Waals surface area contributed by atoms with Crippen molar-refractivity contribution in [2.45, 2.75) is 103 Å². The van der Waals surface area contributed by atoms with Gasteiger partial charge in [-0.2, -0.15) is 0 Å². The number of rotatable bonds is 16.